The zero-order valence-corrected chi connectivity index (χ0v) is 13.6. The van der Waals surface area contributed by atoms with Crippen molar-refractivity contribution in [1.82, 2.24) is 14.5 Å². The van der Waals surface area contributed by atoms with Crippen molar-refractivity contribution in [3.8, 4) is 5.75 Å². The number of methoxy groups -OCH3 is 1. The van der Waals surface area contributed by atoms with Crippen LogP contribution < -0.4 is 4.74 Å². The third-order valence-electron chi connectivity index (χ3n) is 4.57. The van der Waals surface area contributed by atoms with E-state index in [4.69, 9.17) is 4.74 Å². The van der Waals surface area contributed by atoms with Crippen LogP contribution in [-0.4, -0.2) is 40.6 Å². The summed E-state index contributed by atoms with van der Waals surface area (Å²) in [6, 6.07) is 14.1. The number of nitrogens with zero attached hydrogens (tertiary/aromatic N) is 3. The van der Waals surface area contributed by atoms with Crippen LogP contribution in [0.15, 0.2) is 54.9 Å². The van der Waals surface area contributed by atoms with Crippen molar-refractivity contribution in [2.45, 2.75) is 6.42 Å². The number of fused-ring (bicyclic) bond motifs is 1. The van der Waals surface area contributed by atoms with Crippen LogP contribution in [0, 0.1) is 5.92 Å². The molecule has 1 aliphatic rings. The van der Waals surface area contributed by atoms with Crippen molar-refractivity contribution >= 4 is 11.4 Å². The molecular formula is C19H19N3O2. The first kappa shape index (κ1) is 14.8. The topological polar surface area (TPSA) is 46.8 Å². The van der Waals surface area contributed by atoms with Crippen molar-refractivity contribution in [2.24, 2.45) is 5.92 Å². The van der Waals surface area contributed by atoms with Gasteiger partial charge in [-0.1, -0.05) is 30.3 Å². The highest BCUT2D eigenvalue weighted by Gasteiger charge is 2.32. The predicted molar refractivity (Wildman–Crippen MR) is 91.3 cm³/mol. The van der Waals surface area contributed by atoms with Gasteiger partial charge < -0.3 is 9.64 Å². The number of likely N-dealkylation sites (tertiary alicyclic amines) is 1. The van der Waals surface area contributed by atoms with Gasteiger partial charge in [-0.15, -0.1) is 0 Å². The van der Waals surface area contributed by atoms with E-state index in [9.17, 15) is 4.79 Å². The van der Waals surface area contributed by atoms with Gasteiger partial charge in [-0.2, -0.15) is 5.10 Å². The van der Waals surface area contributed by atoms with Crippen molar-refractivity contribution in [2.75, 3.05) is 20.2 Å². The summed E-state index contributed by atoms with van der Waals surface area (Å²) in [6.45, 7) is 1.58. The van der Waals surface area contributed by atoms with E-state index < -0.39 is 0 Å². The molecule has 2 aromatic heterocycles. The van der Waals surface area contributed by atoms with Gasteiger partial charge in [-0.05, 0) is 30.0 Å². The summed E-state index contributed by atoms with van der Waals surface area (Å²) in [7, 11) is 1.61. The Kier molecular flexibility index (Phi) is 3.69. The maximum Gasteiger partial charge on any atom is 0.257 e. The third kappa shape index (κ3) is 2.52. The number of carbonyl (C=O) groups excluding carboxylic acids is 1. The summed E-state index contributed by atoms with van der Waals surface area (Å²) in [5.41, 5.74) is 2.66. The van der Waals surface area contributed by atoms with Gasteiger partial charge in [0.25, 0.3) is 5.91 Å². The molecule has 0 spiro atoms. The number of amides is 1. The molecule has 122 valence electrons. The second kappa shape index (κ2) is 6.00. The Bertz CT molecular complexity index is 867. The van der Waals surface area contributed by atoms with E-state index in [1.807, 2.05) is 29.3 Å². The molecule has 0 radical (unpaired) electrons. The van der Waals surface area contributed by atoms with Crippen LogP contribution in [0.2, 0.25) is 0 Å². The molecule has 1 aromatic carbocycles. The minimum absolute atomic E-state index is 0.0267. The first-order chi connectivity index (χ1) is 11.8. The quantitative estimate of drug-likeness (QED) is 0.742. The van der Waals surface area contributed by atoms with Gasteiger partial charge in [0.05, 0.1) is 18.9 Å². The summed E-state index contributed by atoms with van der Waals surface area (Å²) >= 11 is 0. The summed E-state index contributed by atoms with van der Waals surface area (Å²) < 4.78 is 7.06. The maximum absolute atomic E-state index is 12.8. The molecule has 1 aliphatic heterocycles. The van der Waals surface area contributed by atoms with Crippen molar-refractivity contribution in [3.05, 3.63) is 66.0 Å². The van der Waals surface area contributed by atoms with Gasteiger partial charge in [0.1, 0.15) is 11.3 Å². The van der Waals surface area contributed by atoms with Crippen LogP contribution in [0.5, 0.6) is 5.75 Å². The minimum Gasteiger partial charge on any atom is -0.494 e. The SMILES string of the molecule is COc1cccn2ncc(C(=O)N3CC(Cc4ccccc4)C3)c12. The molecule has 24 heavy (non-hydrogen) atoms. The van der Waals surface area contributed by atoms with Crippen LogP contribution in [0.1, 0.15) is 15.9 Å². The van der Waals surface area contributed by atoms with E-state index in [2.05, 4.69) is 29.4 Å². The Labute approximate surface area is 140 Å². The van der Waals surface area contributed by atoms with Gasteiger partial charge >= 0.3 is 0 Å². The first-order valence-electron chi connectivity index (χ1n) is 8.10. The van der Waals surface area contributed by atoms with Crippen LogP contribution in [-0.2, 0) is 6.42 Å². The fourth-order valence-electron chi connectivity index (χ4n) is 3.32. The second-order valence-corrected chi connectivity index (χ2v) is 6.19. The smallest absolute Gasteiger partial charge is 0.257 e. The summed E-state index contributed by atoms with van der Waals surface area (Å²) in [5, 5.41) is 4.27. The van der Waals surface area contributed by atoms with E-state index >= 15 is 0 Å². The molecule has 3 aromatic rings. The second-order valence-electron chi connectivity index (χ2n) is 6.19. The fourth-order valence-corrected chi connectivity index (χ4v) is 3.32. The Balaban J connectivity index is 1.48. The van der Waals surface area contributed by atoms with E-state index in [1.54, 1.807) is 17.8 Å². The molecule has 1 amide bonds. The maximum atomic E-state index is 12.8. The average molecular weight is 321 g/mol. The van der Waals surface area contributed by atoms with Crippen LogP contribution >= 0.6 is 0 Å². The Morgan fingerprint density at radius 3 is 2.75 bits per heavy atom. The van der Waals surface area contributed by atoms with Crippen LogP contribution in [0.3, 0.4) is 0 Å². The molecule has 4 rings (SSSR count). The lowest BCUT2D eigenvalue weighted by molar-refractivity contribution is 0.0503. The zero-order valence-electron chi connectivity index (χ0n) is 13.6. The molecule has 0 bridgehead atoms. The number of hydrogen-bond donors (Lipinski definition) is 0. The fraction of sp³-hybridized carbons (Fsp3) is 0.263. The van der Waals surface area contributed by atoms with Gasteiger partial charge in [0, 0.05) is 19.3 Å². The first-order valence-corrected chi connectivity index (χ1v) is 8.10. The molecule has 5 heteroatoms. The number of aromatic nitrogens is 2. The molecule has 0 N–H and O–H groups in total. The van der Waals surface area contributed by atoms with Crippen LogP contribution in [0.4, 0.5) is 0 Å². The van der Waals surface area contributed by atoms with Crippen LogP contribution in [0.25, 0.3) is 5.52 Å². The lowest BCUT2D eigenvalue weighted by Crippen LogP contribution is -2.50. The average Bonchev–Trinajstić information content (AvgIpc) is 3.02. The summed E-state index contributed by atoms with van der Waals surface area (Å²) in [6.07, 6.45) is 4.47. The van der Waals surface area contributed by atoms with Crippen molar-refractivity contribution in [3.63, 3.8) is 0 Å². The molecule has 3 heterocycles. The number of benzene rings is 1. The standard InChI is InChI=1S/C19H19N3O2/c1-24-17-8-5-9-22-18(17)16(11-20-22)19(23)21-12-15(13-21)10-14-6-3-2-4-7-14/h2-9,11,15H,10,12-13H2,1H3. The van der Waals surface area contributed by atoms with E-state index in [0.717, 1.165) is 25.0 Å². The lowest BCUT2D eigenvalue weighted by Gasteiger charge is -2.39. The molecule has 1 fully saturated rings. The molecule has 5 nitrogen and oxygen atoms in total. The van der Waals surface area contributed by atoms with Crippen molar-refractivity contribution < 1.29 is 9.53 Å². The monoisotopic (exact) mass is 321 g/mol. The minimum atomic E-state index is 0.0267. The number of rotatable bonds is 4. The number of hydrogen-bond acceptors (Lipinski definition) is 3. The molecule has 0 aliphatic carbocycles. The van der Waals surface area contributed by atoms with Gasteiger partial charge in [-0.3, -0.25) is 4.79 Å². The predicted octanol–water partition coefficient (Wildman–Crippen LogP) is 2.66. The highest BCUT2D eigenvalue weighted by atomic mass is 16.5. The third-order valence-corrected chi connectivity index (χ3v) is 4.57. The van der Waals surface area contributed by atoms with E-state index in [1.165, 1.54) is 5.56 Å². The molecule has 0 saturated carbocycles. The highest BCUT2D eigenvalue weighted by molar-refractivity contribution is 6.02. The zero-order chi connectivity index (χ0) is 16.5. The largest absolute Gasteiger partial charge is 0.494 e. The molecule has 0 atom stereocenters. The van der Waals surface area contributed by atoms with Crippen molar-refractivity contribution in [1.29, 1.82) is 0 Å². The number of carbonyl (C=O) groups is 1. The summed E-state index contributed by atoms with van der Waals surface area (Å²) in [4.78, 5) is 14.7. The summed E-state index contributed by atoms with van der Waals surface area (Å²) in [5.74, 6) is 1.22. The Morgan fingerprint density at radius 2 is 2.00 bits per heavy atom. The van der Waals surface area contributed by atoms with E-state index in [-0.39, 0.29) is 5.91 Å². The van der Waals surface area contributed by atoms with Gasteiger partial charge in [0.15, 0.2) is 0 Å². The highest BCUT2D eigenvalue weighted by Crippen LogP contribution is 2.27. The number of ether oxygens (including phenoxy) is 1. The normalized spacial score (nSPS) is 14.6. The molecular weight excluding hydrogens is 302 g/mol. The molecule has 1 saturated heterocycles. The lowest BCUT2D eigenvalue weighted by atomic mass is 9.91. The van der Waals surface area contributed by atoms with Gasteiger partial charge in [-0.25, -0.2) is 4.52 Å². The number of pyridine rings is 1. The Hall–Kier alpha value is -2.82. The van der Waals surface area contributed by atoms with E-state index in [0.29, 0.717) is 17.2 Å². The molecule has 0 unspecified atom stereocenters. The van der Waals surface area contributed by atoms with Gasteiger partial charge in [0.2, 0.25) is 0 Å². The Morgan fingerprint density at radius 1 is 1.21 bits per heavy atom.